The number of thiazole rings is 1. The van der Waals surface area contributed by atoms with Gasteiger partial charge in [-0.05, 0) is 43.3 Å². The maximum absolute atomic E-state index is 6.17. The van der Waals surface area contributed by atoms with Crippen molar-refractivity contribution in [3.63, 3.8) is 0 Å². The molecule has 4 aromatic rings. The Morgan fingerprint density at radius 2 is 1.87 bits per heavy atom. The third-order valence-corrected chi connectivity index (χ3v) is 7.41. The second kappa shape index (κ2) is 8.70. The van der Waals surface area contributed by atoms with E-state index in [1.165, 1.54) is 0 Å². The van der Waals surface area contributed by atoms with E-state index in [-0.39, 0.29) is 6.79 Å². The standard InChI is InChI=1S/C21H16Cl2N4O2S2/c1-2-27-19(12-3-5-15(22)16(23)7-12)25-26-21(27)31-10-14-9-30-20(24-14)13-4-6-17-18(8-13)29-11-28-17/h3-9H,2,10-11H2,1H3. The highest BCUT2D eigenvalue weighted by Gasteiger charge is 2.17. The van der Waals surface area contributed by atoms with Gasteiger partial charge in [0.05, 0.1) is 15.7 Å². The van der Waals surface area contributed by atoms with Crippen molar-refractivity contribution in [3.8, 4) is 33.5 Å². The average Bonchev–Trinajstić information content (AvgIpc) is 3.52. The molecule has 3 heterocycles. The van der Waals surface area contributed by atoms with Crippen LogP contribution in [0.2, 0.25) is 10.0 Å². The lowest BCUT2D eigenvalue weighted by molar-refractivity contribution is 0.174. The molecule has 0 atom stereocenters. The molecule has 10 heteroatoms. The molecule has 0 saturated heterocycles. The van der Waals surface area contributed by atoms with E-state index in [0.29, 0.717) is 15.8 Å². The third-order valence-electron chi connectivity index (χ3n) is 4.73. The Bertz CT molecular complexity index is 1260. The largest absolute Gasteiger partial charge is 0.454 e. The monoisotopic (exact) mass is 490 g/mol. The molecule has 0 fully saturated rings. The highest BCUT2D eigenvalue weighted by molar-refractivity contribution is 7.98. The molecule has 5 rings (SSSR count). The smallest absolute Gasteiger partial charge is 0.231 e. The van der Waals surface area contributed by atoms with Crippen molar-refractivity contribution in [2.24, 2.45) is 0 Å². The summed E-state index contributed by atoms with van der Waals surface area (Å²) in [4.78, 5) is 4.77. The molecule has 0 unspecified atom stereocenters. The lowest BCUT2D eigenvalue weighted by Crippen LogP contribution is -2.00. The molecule has 0 spiro atoms. The summed E-state index contributed by atoms with van der Waals surface area (Å²) >= 11 is 15.4. The van der Waals surface area contributed by atoms with Crippen LogP contribution in [0.25, 0.3) is 22.0 Å². The Balaban J connectivity index is 1.33. The zero-order valence-corrected chi connectivity index (χ0v) is 19.5. The molecular weight excluding hydrogens is 475 g/mol. The van der Waals surface area contributed by atoms with E-state index < -0.39 is 0 Å². The Kier molecular flexibility index (Phi) is 5.79. The number of nitrogens with zero attached hydrogens (tertiary/aromatic N) is 4. The molecular formula is C21H16Cl2N4O2S2. The normalized spacial score (nSPS) is 12.5. The first-order chi connectivity index (χ1) is 15.1. The predicted octanol–water partition coefficient (Wildman–Crippen LogP) is 6.42. The van der Waals surface area contributed by atoms with Gasteiger partial charge in [0.2, 0.25) is 6.79 Å². The van der Waals surface area contributed by atoms with Gasteiger partial charge in [-0.15, -0.1) is 21.5 Å². The van der Waals surface area contributed by atoms with Crippen molar-refractivity contribution in [2.45, 2.75) is 24.4 Å². The van der Waals surface area contributed by atoms with E-state index in [9.17, 15) is 0 Å². The van der Waals surface area contributed by atoms with Gasteiger partial charge in [0.25, 0.3) is 0 Å². The first kappa shape index (κ1) is 20.6. The molecule has 0 aliphatic carbocycles. The summed E-state index contributed by atoms with van der Waals surface area (Å²) in [6.45, 7) is 3.07. The molecule has 0 saturated carbocycles. The van der Waals surface area contributed by atoms with Gasteiger partial charge in [-0.1, -0.05) is 35.0 Å². The number of hydrogen-bond donors (Lipinski definition) is 0. The van der Waals surface area contributed by atoms with Gasteiger partial charge in [-0.2, -0.15) is 0 Å². The van der Waals surface area contributed by atoms with Crippen molar-refractivity contribution in [1.29, 1.82) is 0 Å². The molecule has 158 valence electrons. The van der Waals surface area contributed by atoms with Gasteiger partial charge in [0.15, 0.2) is 22.5 Å². The molecule has 1 aliphatic heterocycles. The lowest BCUT2D eigenvalue weighted by Gasteiger charge is -2.07. The third kappa shape index (κ3) is 4.13. The van der Waals surface area contributed by atoms with Gasteiger partial charge in [-0.25, -0.2) is 4.98 Å². The van der Waals surface area contributed by atoms with Crippen LogP contribution in [-0.4, -0.2) is 26.5 Å². The molecule has 0 radical (unpaired) electrons. The van der Waals surface area contributed by atoms with Crippen LogP contribution in [0, 0.1) is 0 Å². The van der Waals surface area contributed by atoms with Crippen molar-refractivity contribution in [2.75, 3.05) is 6.79 Å². The molecule has 0 N–H and O–H groups in total. The fourth-order valence-corrected chi connectivity index (χ4v) is 5.32. The van der Waals surface area contributed by atoms with Gasteiger partial charge < -0.3 is 14.0 Å². The van der Waals surface area contributed by atoms with Gasteiger partial charge in [-0.3, -0.25) is 0 Å². The van der Waals surface area contributed by atoms with Crippen LogP contribution in [0.5, 0.6) is 11.5 Å². The van der Waals surface area contributed by atoms with E-state index in [0.717, 1.165) is 50.9 Å². The molecule has 31 heavy (non-hydrogen) atoms. The van der Waals surface area contributed by atoms with Gasteiger partial charge >= 0.3 is 0 Å². The molecule has 0 bridgehead atoms. The second-order valence-corrected chi connectivity index (χ2v) is 9.30. The minimum atomic E-state index is 0.265. The summed E-state index contributed by atoms with van der Waals surface area (Å²) in [6, 6.07) is 11.4. The SMILES string of the molecule is CCn1c(SCc2csc(-c3ccc4c(c3)OCO4)n2)nnc1-c1ccc(Cl)c(Cl)c1. The zero-order chi connectivity index (χ0) is 21.4. The van der Waals surface area contributed by atoms with E-state index in [2.05, 4.69) is 27.1 Å². The van der Waals surface area contributed by atoms with Crippen LogP contribution >= 0.6 is 46.3 Å². The number of fused-ring (bicyclic) bond motifs is 1. The summed E-state index contributed by atoms with van der Waals surface area (Å²) < 4.78 is 12.9. The lowest BCUT2D eigenvalue weighted by atomic mass is 10.2. The Morgan fingerprint density at radius 3 is 2.71 bits per heavy atom. The average molecular weight is 491 g/mol. The Labute approximate surface area is 197 Å². The predicted molar refractivity (Wildman–Crippen MR) is 124 cm³/mol. The number of halogens is 2. The highest BCUT2D eigenvalue weighted by Crippen LogP contribution is 2.37. The summed E-state index contributed by atoms with van der Waals surface area (Å²) in [5, 5.41) is 13.6. The van der Waals surface area contributed by atoms with E-state index in [1.54, 1.807) is 29.2 Å². The van der Waals surface area contributed by atoms with E-state index >= 15 is 0 Å². The summed E-state index contributed by atoms with van der Waals surface area (Å²) in [5.41, 5.74) is 2.89. The zero-order valence-electron chi connectivity index (χ0n) is 16.3. The summed E-state index contributed by atoms with van der Waals surface area (Å²) in [6.07, 6.45) is 0. The summed E-state index contributed by atoms with van der Waals surface area (Å²) in [5.74, 6) is 2.99. The number of hydrogen-bond acceptors (Lipinski definition) is 7. The quantitative estimate of drug-likeness (QED) is 0.290. The van der Waals surface area contributed by atoms with Gasteiger partial charge in [0.1, 0.15) is 5.01 Å². The minimum absolute atomic E-state index is 0.265. The van der Waals surface area contributed by atoms with E-state index in [1.807, 2.05) is 30.3 Å². The summed E-state index contributed by atoms with van der Waals surface area (Å²) in [7, 11) is 0. The Hall–Kier alpha value is -2.26. The van der Waals surface area contributed by atoms with Crippen molar-refractivity contribution < 1.29 is 9.47 Å². The van der Waals surface area contributed by atoms with Crippen molar-refractivity contribution in [1.82, 2.24) is 19.7 Å². The first-order valence-corrected chi connectivity index (χ1v) is 12.1. The number of aromatic nitrogens is 4. The fourth-order valence-electron chi connectivity index (χ4n) is 3.20. The second-order valence-electron chi connectivity index (χ2n) is 6.68. The van der Waals surface area contributed by atoms with Crippen LogP contribution < -0.4 is 9.47 Å². The molecule has 2 aromatic carbocycles. The number of rotatable bonds is 6. The fraction of sp³-hybridized carbons (Fsp3) is 0.190. The molecule has 6 nitrogen and oxygen atoms in total. The van der Waals surface area contributed by atoms with Crippen molar-refractivity contribution in [3.05, 3.63) is 57.5 Å². The number of benzene rings is 2. The van der Waals surface area contributed by atoms with Crippen LogP contribution in [0.1, 0.15) is 12.6 Å². The van der Waals surface area contributed by atoms with Crippen LogP contribution in [0.3, 0.4) is 0 Å². The Morgan fingerprint density at radius 1 is 1.03 bits per heavy atom. The maximum Gasteiger partial charge on any atom is 0.231 e. The molecule has 2 aromatic heterocycles. The van der Waals surface area contributed by atoms with Crippen LogP contribution in [0.4, 0.5) is 0 Å². The topological polar surface area (TPSA) is 62.1 Å². The number of ether oxygens (including phenoxy) is 2. The van der Waals surface area contributed by atoms with E-state index in [4.69, 9.17) is 37.7 Å². The molecule has 1 aliphatic rings. The van der Waals surface area contributed by atoms with Crippen LogP contribution in [-0.2, 0) is 12.3 Å². The van der Waals surface area contributed by atoms with Gasteiger partial charge in [0, 0.05) is 28.8 Å². The number of thioether (sulfide) groups is 1. The van der Waals surface area contributed by atoms with Crippen molar-refractivity contribution >= 4 is 46.3 Å². The first-order valence-electron chi connectivity index (χ1n) is 9.48. The van der Waals surface area contributed by atoms with Crippen LogP contribution in [0.15, 0.2) is 46.9 Å². The minimum Gasteiger partial charge on any atom is -0.454 e. The highest BCUT2D eigenvalue weighted by atomic mass is 35.5. The maximum atomic E-state index is 6.17. The molecule has 0 amide bonds.